The van der Waals surface area contributed by atoms with Gasteiger partial charge in [-0.3, -0.25) is 9.59 Å². The second-order valence-corrected chi connectivity index (χ2v) is 7.79. The summed E-state index contributed by atoms with van der Waals surface area (Å²) in [5.74, 6) is -0.776. The smallest absolute Gasteiger partial charge is 0.295 e. The maximum atomic E-state index is 13.0. The lowest BCUT2D eigenvalue weighted by atomic mass is 9.95. The van der Waals surface area contributed by atoms with E-state index in [1.54, 1.807) is 48.8 Å². The van der Waals surface area contributed by atoms with E-state index in [0.717, 1.165) is 11.1 Å². The van der Waals surface area contributed by atoms with Crippen molar-refractivity contribution in [1.82, 2.24) is 14.5 Å². The highest BCUT2D eigenvalue weighted by atomic mass is 16.5. The second-order valence-electron chi connectivity index (χ2n) is 7.79. The summed E-state index contributed by atoms with van der Waals surface area (Å²) in [4.78, 5) is 31.6. The van der Waals surface area contributed by atoms with Crippen molar-refractivity contribution < 1.29 is 19.4 Å². The first-order valence-electron chi connectivity index (χ1n) is 10.4. The summed E-state index contributed by atoms with van der Waals surface area (Å²) in [6.07, 6.45) is 5.91. The average molecular weight is 431 g/mol. The van der Waals surface area contributed by atoms with Gasteiger partial charge >= 0.3 is 0 Å². The Morgan fingerprint density at radius 1 is 1.06 bits per heavy atom. The summed E-state index contributed by atoms with van der Waals surface area (Å²) >= 11 is 0. The minimum atomic E-state index is -0.676. The van der Waals surface area contributed by atoms with Crippen molar-refractivity contribution in [3.63, 3.8) is 0 Å². The van der Waals surface area contributed by atoms with Gasteiger partial charge in [0.25, 0.3) is 11.7 Å². The van der Waals surface area contributed by atoms with E-state index in [9.17, 15) is 14.7 Å². The van der Waals surface area contributed by atoms with Crippen molar-refractivity contribution in [3.8, 4) is 5.75 Å². The van der Waals surface area contributed by atoms with Gasteiger partial charge < -0.3 is 19.3 Å². The Hall–Kier alpha value is -3.87. The Balaban J connectivity index is 1.72. The van der Waals surface area contributed by atoms with Gasteiger partial charge in [0.2, 0.25) is 0 Å². The number of likely N-dealkylation sites (tertiary alicyclic amines) is 1. The third kappa shape index (κ3) is 4.14. The van der Waals surface area contributed by atoms with E-state index in [0.29, 0.717) is 30.8 Å². The average Bonchev–Trinajstić information content (AvgIpc) is 3.41. The molecule has 0 saturated carbocycles. The Morgan fingerprint density at radius 2 is 1.78 bits per heavy atom. The quantitative estimate of drug-likeness (QED) is 0.350. The highest BCUT2D eigenvalue weighted by Gasteiger charge is 2.45. The Morgan fingerprint density at radius 3 is 2.41 bits per heavy atom. The number of nitrogens with zero attached hydrogens (tertiary/aromatic N) is 3. The first-order valence-corrected chi connectivity index (χ1v) is 10.4. The number of aryl methyl sites for hydroxylation is 2. The molecule has 1 N–H and O–H groups in total. The number of imidazole rings is 1. The van der Waals surface area contributed by atoms with Crippen molar-refractivity contribution in [2.45, 2.75) is 25.9 Å². The van der Waals surface area contributed by atoms with Crippen LogP contribution in [-0.2, 0) is 16.1 Å². The highest BCUT2D eigenvalue weighted by molar-refractivity contribution is 6.46. The third-order valence-electron chi connectivity index (χ3n) is 5.67. The molecule has 1 saturated heterocycles. The molecule has 1 aliphatic rings. The van der Waals surface area contributed by atoms with Crippen molar-refractivity contribution >= 4 is 17.4 Å². The van der Waals surface area contributed by atoms with E-state index < -0.39 is 17.7 Å². The van der Waals surface area contributed by atoms with Crippen molar-refractivity contribution in [2.24, 2.45) is 0 Å². The van der Waals surface area contributed by atoms with Crippen LogP contribution in [0.3, 0.4) is 0 Å². The number of Topliss-reactive ketones (excluding diaryl/α,β-unsaturated/α-hetero) is 1. The van der Waals surface area contributed by atoms with Crippen LogP contribution in [0, 0.1) is 6.92 Å². The summed E-state index contributed by atoms with van der Waals surface area (Å²) in [5, 5.41) is 11.1. The van der Waals surface area contributed by atoms with Gasteiger partial charge in [0.1, 0.15) is 11.5 Å². The second kappa shape index (κ2) is 9.09. The summed E-state index contributed by atoms with van der Waals surface area (Å²) in [7, 11) is 1.58. The van der Waals surface area contributed by atoms with Crippen LogP contribution in [0.5, 0.6) is 5.75 Å². The van der Waals surface area contributed by atoms with Gasteiger partial charge in [-0.1, -0.05) is 42.0 Å². The molecule has 164 valence electrons. The molecule has 7 nitrogen and oxygen atoms in total. The molecule has 1 aliphatic heterocycles. The summed E-state index contributed by atoms with van der Waals surface area (Å²) in [6.45, 7) is 2.97. The maximum Gasteiger partial charge on any atom is 0.295 e. The number of hydrogen-bond acceptors (Lipinski definition) is 5. The van der Waals surface area contributed by atoms with Gasteiger partial charge in [0, 0.05) is 31.0 Å². The van der Waals surface area contributed by atoms with Gasteiger partial charge in [-0.2, -0.15) is 0 Å². The van der Waals surface area contributed by atoms with Crippen LogP contribution in [0.1, 0.15) is 29.2 Å². The number of ether oxygens (including phenoxy) is 1. The van der Waals surface area contributed by atoms with Crippen LogP contribution in [0.2, 0.25) is 0 Å². The number of carbonyl (C=O) groups excluding carboxylic acids is 2. The van der Waals surface area contributed by atoms with Gasteiger partial charge in [0.05, 0.1) is 25.1 Å². The van der Waals surface area contributed by atoms with E-state index in [-0.39, 0.29) is 11.3 Å². The van der Waals surface area contributed by atoms with E-state index in [2.05, 4.69) is 4.98 Å². The Bertz CT molecular complexity index is 1130. The number of rotatable bonds is 7. The first-order chi connectivity index (χ1) is 15.5. The van der Waals surface area contributed by atoms with E-state index in [4.69, 9.17) is 4.74 Å². The fourth-order valence-electron chi connectivity index (χ4n) is 3.95. The number of methoxy groups -OCH3 is 1. The van der Waals surface area contributed by atoms with Crippen LogP contribution in [-0.4, -0.2) is 44.9 Å². The van der Waals surface area contributed by atoms with E-state index in [1.165, 1.54) is 0 Å². The number of aliphatic hydroxyl groups excluding tert-OH is 1. The van der Waals surface area contributed by atoms with Crippen molar-refractivity contribution in [3.05, 3.63) is 89.5 Å². The van der Waals surface area contributed by atoms with Gasteiger partial charge in [-0.25, -0.2) is 4.98 Å². The standard InChI is InChI=1S/C25H25N3O4/c1-17-4-6-19(7-5-17)23(29)21-22(18-8-10-20(32-2)11-9-18)28(25(31)24(21)30)14-3-13-27-15-12-26-16-27/h4-12,15-16,22,29H,3,13-14H2,1-2H3/b23-21+. The summed E-state index contributed by atoms with van der Waals surface area (Å²) < 4.78 is 7.17. The molecular formula is C25H25N3O4. The SMILES string of the molecule is COc1ccc(C2/C(=C(\O)c3ccc(C)cc3)C(=O)C(=O)N2CCCn2ccnc2)cc1. The number of aromatic nitrogens is 2. The largest absolute Gasteiger partial charge is 0.507 e. The molecule has 1 aromatic heterocycles. The predicted octanol–water partition coefficient (Wildman–Crippen LogP) is 3.71. The minimum absolute atomic E-state index is 0.103. The minimum Gasteiger partial charge on any atom is -0.507 e. The fraction of sp³-hybridized carbons (Fsp3) is 0.240. The number of aliphatic hydroxyl groups is 1. The van der Waals surface area contributed by atoms with Gasteiger partial charge in [-0.15, -0.1) is 0 Å². The zero-order valence-corrected chi connectivity index (χ0v) is 18.1. The van der Waals surface area contributed by atoms with E-state index >= 15 is 0 Å². The normalized spacial score (nSPS) is 17.7. The molecule has 0 radical (unpaired) electrons. The molecule has 1 amide bonds. The lowest BCUT2D eigenvalue weighted by Gasteiger charge is -2.25. The first kappa shape index (κ1) is 21.4. The summed E-state index contributed by atoms with van der Waals surface area (Å²) in [5.41, 5.74) is 2.38. The molecule has 0 aliphatic carbocycles. The zero-order valence-electron chi connectivity index (χ0n) is 18.1. The molecule has 0 spiro atoms. The maximum absolute atomic E-state index is 13.0. The van der Waals surface area contributed by atoms with Crippen LogP contribution in [0.15, 0.2) is 72.8 Å². The number of benzene rings is 2. The van der Waals surface area contributed by atoms with E-state index in [1.807, 2.05) is 42.0 Å². The predicted molar refractivity (Wildman–Crippen MR) is 120 cm³/mol. The number of ketones is 1. The molecule has 4 rings (SSSR count). The van der Waals surface area contributed by atoms with Gasteiger partial charge in [-0.05, 0) is 31.0 Å². The van der Waals surface area contributed by atoms with Gasteiger partial charge in [0.15, 0.2) is 0 Å². The van der Waals surface area contributed by atoms with Crippen LogP contribution in [0.25, 0.3) is 5.76 Å². The number of carbonyl (C=O) groups is 2. The van der Waals surface area contributed by atoms with Crippen LogP contribution < -0.4 is 4.74 Å². The molecule has 1 fully saturated rings. The monoisotopic (exact) mass is 431 g/mol. The molecule has 7 heteroatoms. The molecule has 3 aromatic rings. The van der Waals surface area contributed by atoms with Crippen LogP contribution in [0.4, 0.5) is 0 Å². The fourth-order valence-corrected chi connectivity index (χ4v) is 3.95. The summed E-state index contributed by atoms with van der Waals surface area (Å²) in [6, 6.07) is 13.8. The Kier molecular flexibility index (Phi) is 6.07. The molecule has 0 bridgehead atoms. The molecule has 2 heterocycles. The topological polar surface area (TPSA) is 84.7 Å². The lowest BCUT2D eigenvalue weighted by molar-refractivity contribution is -0.139. The zero-order chi connectivity index (χ0) is 22.7. The third-order valence-corrected chi connectivity index (χ3v) is 5.67. The Labute approximate surface area is 186 Å². The molecule has 2 aromatic carbocycles. The molecule has 1 atom stereocenters. The molecular weight excluding hydrogens is 406 g/mol. The van der Waals surface area contributed by atoms with Crippen LogP contribution >= 0.6 is 0 Å². The lowest BCUT2D eigenvalue weighted by Crippen LogP contribution is -2.31. The van der Waals surface area contributed by atoms with Crippen molar-refractivity contribution in [2.75, 3.05) is 13.7 Å². The highest BCUT2D eigenvalue weighted by Crippen LogP contribution is 2.39. The van der Waals surface area contributed by atoms with Crippen molar-refractivity contribution in [1.29, 1.82) is 0 Å². The molecule has 1 unspecified atom stereocenters. The molecule has 32 heavy (non-hydrogen) atoms. The number of hydrogen-bond donors (Lipinski definition) is 1. The number of amides is 1.